The van der Waals surface area contributed by atoms with Crippen molar-refractivity contribution in [1.82, 2.24) is 15.5 Å². The molecule has 0 radical (unpaired) electrons. The summed E-state index contributed by atoms with van der Waals surface area (Å²) in [6, 6.07) is 0.444. The second-order valence-corrected chi connectivity index (χ2v) is 6.70. The molecule has 1 atom stereocenters. The van der Waals surface area contributed by atoms with Crippen molar-refractivity contribution in [2.45, 2.75) is 39.2 Å². The van der Waals surface area contributed by atoms with Crippen LogP contribution in [0.25, 0.3) is 0 Å². The third-order valence-electron chi connectivity index (χ3n) is 4.53. The van der Waals surface area contributed by atoms with Crippen molar-refractivity contribution in [1.29, 1.82) is 0 Å². The number of hydrogen-bond acceptors (Lipinski definition) is 4. The van der Waals surface area contributed by atoms with E-state index in [2.05, 4.69) is 29.4 Å². The van der Waals surface area contributed by atoms with Crippen molar-refractivity contribution in [2.24, 2.45) is 11.8 Å². The number of carbonyl (C=O) groups excluding carboxylic acids is 1. The Bertz CT molecular complexity index is 311. The Kier molecular flexibility index (Phi) is 6.93. The van der Waals surface area contributed by atoms with Crippen molar-refractivity contribution in [2.75, 3.05) is 45.9 Å². The van der Waals surface area contributed by atoms with Crippen LogP contribution in [0.1, 0.15) is 33.1 Å². The zero-order valence-electron chi connectivity index (χ0n) is 13.6. The fraction of sp³-hybridized carbons (Fsp3) is 0.938. The van der Waals surface area contributed by atoms with Crippen LogP contribution in [-0.4, -0.2) is 62.8 Å². The summed E-state index contributed by atoms with van der Waals surface area (Å²) in [6.07, 6.45) is 3.07. The molecule has 2 fully saturated rings. The number of rotatable bonds is 6. The van der Waals surface area contributed by atoms with Gasteiger partial charge in [-0.15, -0.1) is 0 Å². The lowest BCUT2D eigenvalue weighted by atomic mass is 9.96. The van der Waals surface area contributed by atoms with Gasteiger partial charge in [-0.1, -0.05) is 13.8 Å². The number of carbonyl (C=O) groups is 1. The average molecular weight is 297 g/mol. The quantitative estimate of drug-likeness (QED) is 0.763. The summed E-state index contributed by atoms with van der Waals surface area (Å²) in [6.45, 7) is 10.8. The molecule has 5 nitrogen and oxygen atoms in total. The third kappa shape index (κ3) is 5.57. The van der Waals surface area contributed by atoms with Crippen LogP contribution in [0.4, 0.5) is 0 Å². The van der Waals surface area contributed by atoms with Gasteiger partial charge in [0, 0.05) is 31.6 Å². The third-order valence-corrected chi connectivity index (χ3v) is 4.53. The number of morpholine rings is 1. The lowest BCUT2D eigenvalue weighted by Gasteiger charge is -2.36. The summed E-state index contributed by atoms with van der Waals surface area (Å²) in [5.74, 6) is 1.10. The zero-order chi connectivity index (χ0) is 15.1. The molecular formula is C16H31N3O2. The molecule has 2 N–H and O–H groups in total. The van der Waals surface area contributed by atoms with E-state index in [-0.39, 0.29) is 11.8 Å². The van der Waals surface area contributed by atoms with E-state index in [0.717, 1.165) is 65.2 Å². The standard InChI is InChI=1S/C16H31N3O2/c1-13(2)11-15(19-7-9-21-10-8-19)12-18-16(20)14-3-5-17-6-4-14/h13-15,17H,3-12H2,1-2H3,(H,18,20). The average Bonchev–Trinajstić information content (AvgIpc) is 2.52. The number of ether oxygens (including phenoxy) is 1. The SMILES string of the molecule is CC(C)CC(CNC(=O)C1CCNCC1)N1CCOCC1. The topological polar surface area (TPSA) is 53.6 Å². The molecule has 2 rings (SSSR count). The maximum atomic E-state index is 12.3. The first-order valence-corrected chi connectivity index (χ1v) is 8.47. The summed E-state index contributed by atoms with van der Waals surface area (Å²) in [4.78, 5) is 14.8. The van der Waals surface area contributed by atoms with E-state index in [1.54, 1.807) is 0 Å². The van der Waals surface area contributed by atoms with E-state index in [0.29, 0.717) is 12.0 Å². The Balaban J connectivity index is 1.81. The minimum absolute atomic E-state index is 0.204. The van der Waals surface area contributed by atoms with Gasteiger partial charge < -0.3 is 15.4 Å². The molecule has 0 aromatic rings. The van der Waals surface area contributed by atoms with Crippen LogP contribution in [0.3, 0.4) is 0 Å². The second-order valence-electron chi connectivity index (χ2n) is 6.70. The molecule has 2 saturated heterocycles. The van der Waals surface area contributed by atoms with Crippen LogP contribution >= 0.6 is 0 Å². The van der Waals surface area contributed by atoms with Gasteiger partial charge in [0.2, 0.25) is 5.91 Å². The molecule has 0 aromatic carbocycles. The maximum absolute atomic E-state index is 12.3. The molecule has 0 saturated carbocycles. The van der Waals surface area contributed by atoms with Gasteiger partial charge >= 0.3 is 0 Å². The fourth-order valence-corrected chi connectivity index (χ4v) is 3.30. The molecule has 0 spiro atoms. The Morgan fingerprint density at radius 1 is 1.29 bits per heavy atom. The molecule has 1 amide bonds. The van der Waals surface area contributed by atoms with Crippen molar-refractivity contribution >= 4 is 5.91 Å². The van der Waals surface area contributed by atoms with E-state index in [4.69, 9.17) is 4.74 Å². The first kappa shape index (κ1) is 16.7. The van der Waals surface area contributed by atoms with Crippen LogP contribution < -0.4 is 10.6 Å². The highest BCUT2D eigenvalue weighted by Gasteiger charge is 2.25. The molecule has 0 bridgehead atoms. The van der Waals surface area contributed by atoms with Gasteiger partial charge in [0.25, 0.3) is 0 Å². The van der Waals surface area contributed by atoms with Crippen LogP contribution in [0.5, 0.6) is 0 Å². The van der Waals surface area contributed by atoms with E-state index in [1.807, 2.05) is 0 Å². The summed E-state index contributed by atoms with van der Waals surface area (Å²) >= 11 is 0. The van der Waals surface area contributed by atoms with Gasteiger partial charge in [-0.25, -0.2) is 0 Å². The van der Waals surface area contributed by atoms with Crippen molar-refractivity contribution < 1.29 is 9.53 Å². The molecule has 122 valence electrons. The highest BCUT2D eigenvalue weighted by molar-refractivity contribution is 5.78. The zero-order valence-corrected chi connectivity index (χ0v) is 13.6. The Morgan fingerprint density at radius 2 is 1.95 bits per heavy atom. The molecule has 2 heterocycles. The number of nitrogens with one attached hydrogen (secondary N) is 2. The molecular weight excluding hydrogens is 266 g/mol. The number of nitrogens with zero attached hydrogens (tertiary/aromatic N) is 1. The number of piperidine rings is 1. The minimum Gasteiger partial charge on any atom is -0.379 e. The van der Waals surface area contributed by atoms with Crippen LogP contribution in [0, 0.1) is 11.8 Å². The summed E-state index contributed by atoms with van der Waals surface area (Å²) in [5.41, 5.74) is 0. The largest absolute Gasteiger partial charge is 0.379 e. The number of amides is 1. The molecule has 1 unspecified atom stereocenters. The first-order chi connectivity index (χ1) is 10.2. The fourth-order valence-electron chi connectivity index (χ4n) is 3.30. The molecule has 2 aliphatic heterocycles. The highest BCUT2D eigenvalue weighted by atomic mass is 16.5. The van der Waals surface area contributed by atoms with Crippen LogP contribution in [-0.2, 0) is 9.53 Å². The summed E-state index contributed by atoms with van der Waals surface area (Å²) in [5, 5.41) is 6.52. The van der Waals surface area contributed by atoms with Gasteiger partial charge in [0.1, 0.15) is 0 Å². The second kappa shape index (κ2) is 8.71. The van der Waals surface area contributed by atoms with Gasteiger partial charge in [0.15, 0.2) is 0 Å². The van der Waals surface area contributed by atoms with E-state index in [1.165, 1.54) is 0 Å². The van der Waals surface area contributed by atoms with Crippen molar-refractivity contribution in [3.63, 3.8) is 0 Å². The molecule has 2 aliphatic rings. The Morgan fingerprint density at radius 3 is 2.57 bits per heavy atom. The minimum atomic E-state index is 0.204. The first-order valence-electron chi connectivity index (χ1n) is 8.47. The molecule has 21 heavy (non-hydrogen) atoms. The lowest BCUT2D eigenvalue weighted by Crippen LogP contribution is -2.50. The molecule has 0 aliphatic carbocycles. The van der Waals surface area contributed by atoms with Gasteiger partial charge in [-0.3, -0.25) is 9.69 Å². The Labute approximate surface area is 128 Å². The van der Waals surface area contributed by atoms with Crippen LogP contribution in [0.2, 0.25) is 0 Å². The van der Waals surface area contributed by atoms with Crippen molar-refractivity contribution in [3.05, 3.63) is 0 Å². The van der Waals surface area contributed by atoms with Gasteiger partial charge in [-0.2, -0.15) is 0 Å². The predicted molar refractivity (Wildman–Crippen MR) is 84.2 cm³/mol. The smallest absolute Gasteiger partial charge is 0.223 e. The maximum Gasteiger partial charge on any atom is 0.223 e. The predicted octanol–water partition coefficient (Wildman–Crippen LogP) is 0.849. The van der Waals surface area contributed by atoms with E-state index in [9.17, 15) is 4.79 Å². The molecule has 5 heteroatoms. The monoisotopic (exact) mass is 297 g/mol. The van der Waals surface area contributed by atoms with Gasteiger partial charge in [0.05, 0.1) is 13.2 Å². The van der Waals surface area contributed by atoms with E-state index < -0.39 is 0 Å². The number of hydrogen-bond donors (Lipinski definition) is 2. The summed E-state index contributed by atoms with van der Waals surface area (Å²) < 4.78 is 5.44. The van der Waals surface area contributed by atoms with Crippen LogP contribution in [0.15, 0.2) is 0 Å². The highest BCUT2D eigenvalue weighted by Crippen LogP contribution is 2.15. The van der Waals surface area contributed by atoms with E-state index >= 15 is 0 Å². The molecule has 0 aromatic heterocycles. The van der Waals surface area contributed by atoms with Crippen molar-refractivity contribution in [3.8, 4) is 0 Å². The Hall–Kier alpha value is -0.650. The normalized spacial score (nSPS) is 23.2. The lowest BCUT2D eigenvalue weighted by molar-refractivity contribution is -0.126. The summed E-state index contributed by atoms with van der Waals surface area (Å²) in [7, 11) is 0. The van der Waals surface area contributed by atoms with Gasteiger partial charge in [-0.05, 0) is 38.3 Å².